The highest BCUT2D eigenvalue weighted by Gasteiger charge is 2.37. The van der Waals surface area contributed by atoms with Crippen LogP contribution in [-0.4, -0.2) is 18.5 Å². The van der Waals surface area contributed by atoms with Crippen molar-refractivity contribution in [1.29, 1.82) is 0 Å². The molecule has 3 aromatic carbocycles. The van der Waals surface area contributed by atoms with Gasteiger partial charge in [0.25, 0.3) is 10.0 Å². The lowest BCUT2D eigenvalue weighted by atomic mass is 9.99. The first kappa shape index (κ1) is 18.9. The smallest absolute Gasteiger partial charge is 0.200 e. The number of rotatable bonds is 4. The standard InChI is InChI=1S/C22H19BrN2O2S/c1-16-7-9-17(10-8-16)21-15-22(18-11-13-19(23)14-12-18)25(24-21)28(26,27)20-5-3-2-4-6-20/h2-14,22H,15H2,1H3/t22-/m1/s1. The summed E-state index contributed by atoms with van der Waals surface area (Å²) in [7, 11) is -3.76. The quantitative estimate of drug-likeness (QED) is 0.536. The van der Waals surface area contributed by atoms with Crippen LogP contribution in [-0.2, 0) is 10.0 Å². The van der Waals surface area contributed by atoms with Crippen molar-refractivity contribution in [2.45, 2.75) is 24.3 Å². The molecule has 4 nitrogen and oxygen atoms in total. The topological polar surface area (TPSA) is 49.7 Å². The average Bonchev–Trinajstić information content (AvgIpc) is 3.16. The van der Waals surface area contributed by atoms with Gasteiger partial charge in [0, 0.05) is 10.9 Å². The molecule has 0 aliphatic carbocycles. The molecule has 0 saturated heterocycles. The van der Waals surface area contributed by atoms with Gasteiger partial charge in [0.1, 0.15) is 0 Å². The van der Waals surface area contributed by atoms with E-state index >= 15 is 0 Å². The Morgan fingerprint density at radius 3 is 2.21 bits per heavy atom. The fourth-order valence-electron chi connectivity index (χ4n) is 3.26. The van der Waals surface area contributed by atoms with Gasteiger partial charge in [0.15, 0.2) is 0 Å². The van der Waals surface area contributed by atoms with E-state index in [1.807, 2.05) is 55.5 Å². The zero-order valence-electron chi connectivity index (χ0n) is 15.3. The van der Waals surface area contributed by atoms with Gasteiger partial charge in [0.05, 0.1) is 16.6 Å². The van der Waals surface area contributed by atoms with E-state index in [9.17, 15) is 8.42 Å². The molecule has 4 rings (SSSR count). The molecule has 0 saturated carbocycles. The second kappa shape index (κ2) is 7.53. The lowest BCUT2D eigenvalue weighted by Crippen LogP contribution is -2.27. The molecule has 1 atom stereocenters. The molecule has 1 aliphatic rings. The lowest BCUT2D eigenvalue weighted by Gasteiger charge is -2.23. The second-order valence-electron chi connectivity index (χ2n) is 6.77. The summed E-state index contributed by atoms with van der Waals surface area (Å²) in [5, 5.41) is 4.57. The Labute approximate surface area is 173 Å². The number of hydrogen-bond acceptors (Lipinski definition) is 3. The minimum atomic E-state index is -3.76. The number of nitrogens with zero attached hydrogens (tertiary/aromatic N) is 2. The molecule has 3 aromatic rings. The Morgan fingerprint density at radius 1 is 0.929 bits per heavy atom. The van der Waals surface area contributed by atoms with Gasteiger partial charge in [-0.3, -0.25) is 0 Å². The minimum absolute atomic E-state index is 0.242. The highest BCUT2D eigenvalue weighted by atomic mass is 79.9. The molecular formula is C22H19BrN2O2S. The van der Waals surface area contributed by atoms with Crippen LogP contribution in [0.3, 0.4) is 0 Å². The van der Waals surface area contributed by atoms with Gasteiger partial charge in [0.2, 0.25) is 0 Å². The number of aryl methyl sites for hydroxylation is 1. The SMILES string of the molecule is Cc1ccc(C2=NN(S(=O)(=O)c3ccccc3)[C@@H](c3ccc(Br)cc3)C2)cc1. The van der Waals surface area contributed by atoms with Crippen molar-refractivity contribution in [3.63, 3.8) is 0 Å². The molecule has 0 bridgehead atoms. The maximum atomic E-state index is 13.3. The molecule has 142 valence electrons. The van der Waals surface area contributed by atoms with Crippen molar-refractivity contribution < 1.29 is 8.42 Å². The van der Waals surface area contributed by atoms with E-state index in [0.717, 1.165) is 26.9 Å². The molecule has 1 aliphatic heterocycles. The third-order valence-electron chi connectivity index (χ3n) is 4.80. The van der Waals surface area contributed by atoms with Gasteiger partial charge >= 0.3 is 0 Å². The fourth-order valence-corrected chi connectivity index (χ4v) is 4.98. The Hall–Kier alpha value is -2.44. The molecular weight excluding hydrogens is 436 g/mol. The Morgan fingerprint density at radius 2 is 1.57 bits per heavy atom. The minimum Gasteiger partial charge on any atom is -0.200 e. The molecule has 0 fully saturated rings. The van der Waals surface area contributed by atoms with Crippen LogP contribution in [0.1, 0.15) is 29.2 Å². The van der Waals surface area contributed by atoms with Crippen LogP contribution >= 0.6 is 15.9 Å². The zero-order valence-corrected chi connectivity index (χ0v) is 17.7. The van der Waals surface area contributed by atoms with Crippen molar-refractivity contribution in [3.8, 4) is 0 Å². The summed E-state index contributed by atoms with van der Waals surface area (Å²) < 4.78 is 28.9. The molecule has 0 radical (unpaired) electrons. The van der Waals surface area contributed by atoms with Gasteiger partial charge in [-0.2, -0.15) is 17.9 Å². The van der Waals surface area contributed by atoms with Crippen LogP contribution < -0.4 is 0 Å². The molecule has 0 amide bonds. The van der Waals surface area contributed by atoms with E-state index in [2.05, 4.69) is 21.0 Å². The predicted molar refractivity (Wildman–Crippen MR) is 115 cm³/mol. The Balaban J connectivity index is 1.79. The van der Waals surface area contributed by atoms with Gasteiger partial charge in [-0.1, -0.05) is 76.1 Å². The van der Waals surface area contributed by atoms with Crippen molar-refractivity contribution >= 4 is 31.7 Å². The fraction of sp³-hybridized carbons (Fsp3) is 0.136. The van der Waals surface area contributed by atoms with Crippen molar-refractivity contribution in [1.82, 2.24) is 4.41 Å². The molecule has 28 heavy (non-hydrogen) atoms. The molecule has 0 spiro atoms. The van der Waals surface area contributed by atoms with Crippen LogP contribution in [0.4, 0.5) is 0 Å². The molecule has 1 heterocycles. The first-order chi connectivity index (χ1) is 13.4. The van der Waals surface area contributed by atoms with Crippen molar-refractivity contribution in [2.75, 3.05) is 0 Å². The average molecular weight is 455 g/mol. The molecule has 0 N–H and O–H groups in total. The molecule has 6 heteroatoms. The van der Waals surface area contributed by atoms with Crippen molar-refractivity contribution in [3.05, 3.63) is 100 Å². The van der Waals surface area contributed by atoms with Crippen molar-refractivity contribution in [2.24, 2.45) is 5.10 Å². The zero-order chi connectivity index (χ0) is 19.7. The van der Waals surface area contributed by atoms with Crippen LogP contribution in [0, 0.1) is 6.92 Å². The Bertz CT molecular complexity index is 1110. The maximum absolute atomic E-state index is 13.3. The summed E-state index contributed by atoms with van der Waals surface area (Å²) in [6.07, 6.45) is 0.525. The number of hydrogen-bond donors (Lipinski definition) is 0. The molecule has 0 unspecified atom stereocenters. The van der Waals surface area contributed by atoms with Gasteiger partial charge in [-0.25, -0.2) is 0 Å². The Kier molecular flexibility index (Phi) is 5.08. The van der Waals surface area contributed by atoms with Crippen LogP contribution in [0.25, 0.3) is 0 Å². The first-order valence-electron chi connectivity index (χ1n) is 8.94. The molecule has 0 aromatic heterocycles. The number of sulfonamides is 1. The first-order valence-corrected chi connectivity index (χ1v) is 11.2. The van der Waals surface area contributed by atoms with Crippen LogP contribution in [0.15, 0.2) is 93.3 Å². The van der Waals surface area contributed by atoms with Gasteiger partial charge < -0.3 is 0 Å². The highest BCUT2D eigenvalue weighted by Crippen LogP contribution is 2.37. The third-order valence-corrected chi connectivity index (χ3v) is 7.02. The van der Waals surface area contributed by atoms with E-state index in [4.69, 9.17) is 0 Å². The summed E-state index contributed by atoms with van der Waals surface area (Å²) in [6.45, 7) is 2.02. The monoisotopic (exact) mass is 454 g/mol. The van der Waals surface area contributed by atoms with Gasteiger partial charge in [-0.15, -0.1) is 0 Å². The summed E-state index contributed by atoms with van der Waals surface area (Å²) in [4.78, 5) is 0.242. The van der Waals surface area contributed by atoms with E-state index in [1.54, 1.807) is 30.3 Å². The van der Waals surface area contributed by atoms with E-state index in [-0.39, 0.29) is 10.9 Å². The predicted octanol–water partition coefficient (Wildman–Crippen LogP) is 5.30. The summed E-state index contributed by atoms with van der Waals surface area (Å²) in [5.74, 6) is 0. The summed E-state index contributed by atoms with van der Waals surface area (Å²) in [5.41, 5.74) is 3.78. The number of halogens is 1. The second-order valence-corrected chi connectivity index (χ2v) is 9.49. The van der Waals surface area contributed by atoms with E-state index < -0.39 is 10.0 Å². The summed E-state index contributed by atoms with van der Waals surface area (Å²) in [6, 6.07) is 23.8. The number of benzene rings is 3. The van der Waals surface area contributed by atoms with Gasteiger partial charge in [-0.05, 0) is 42.3 Å². The highest BCUT2D eigenvalue weighted by molar-refractivity contribution is 9.10. The van der Waals surface area contributed by atoms with Crippen LogP contribution in [0.5, 0.6) is 0 Å². The number of hydrazone groups is 1. The lowest BCUT2D eigenvalue weighted by molar-refractivity contribution is 0.371. The van der Waals surface area contributed by atoms with E-state index in [1.165, 1.54) is 4.41 Å². The third kappa shape index (κ3) is 3.62. The maximum Gasteiger partial charge on any atom is 0.279 e. The van der Waals surface area contributed by atoms with Crippen LogP contribution in [0.2, 0.25) is 0 Å². The summed E-state index contributed by atoms with van der Waals surface area (Å²) >= 11 is 3.44. The largest absolute Gasteiger partial charge is 0.279 e. The normalized spacial score (nSPS) is 16.9. The van der Waals surface area contributed by atoms with E-state index in [0.29, 0.717) is 6.42 Å².